The molecular formula is C13H20N2O3. The van der Waals surface area contributed by atoms with Gasteiger partial charge in [0.05, 0.1) is 13.5 Å². The molecule has 0 aliphatic heterocycles. The lowest BCUT2D eigenvalue weighted by Gasteiger charge is -2.04. The van der Waals surface area contributed by atoms with Gasteiger partial charge in [-0.1, -0.05) is 0 Å². The van der Waals surface area contributed by atoms with Gasteiger partial charge in [-0.25, -0.2) is 0 Å². The topological polar surface area (TPSA) is 71.2 Å². The predicted molar refractivity (Wildman–Crippen MR) is 68.2 cm³/mol. The van der Waals surface area contributed by atoms with E-state index >= 15 is 0 Å². The van der Waals surface area contributed by atoms with Crippen LogP contribution in [0, 0.1) is 13.8 Å². The van der Waals surface area contributed by atoms with Crippen LogP contribution in [0.5, 0.6) is 0 Å². The van der Waals surface area contributed by atoms with Crippen molar-refractivity contribution in [1.29, 1.82) is 0 Å². The summed E-state index contributed by atoms with van der Waals surface area (Å²) in [4.78, 5) is 25.5. The molecule has 1 amide bonds. The van der Waals surface area contributed by atoms with E-state index in [1.807, 2.05) is 13.8 Å². The van der Waals surface area contributed by atoms with Gasteiger partial charge in [0.2, 0.25) is 5.91 Å². The van der Waals surface area contributed by atoms with E-state index in [9.17, 15) is 9.59 Å². The Morgan fingerprint density at radius 1 is 1.33 bits per heavy atom. The second-order valence-electron chi connectivity index (χ2n) is 4.28. The van der Waals surface area contributed by atoms with Crippen molar-refractivity contribution in [3.63, 3.8) is 0 Å². The van der Waals surface area contributed by atoms with Crippen molar-refractivity contribution in [3.8, 4) is 0 Å². The number of nitrogens with one attached hydrogen (secondary N) is 2. The summed E-state index contributed by atoms with van der Waals surface area (Å²) in [6, 6.07) is 2.08. The van der Waals surface area contributed by atoms with Gasteiger partial charge < -0.3 is 15.0 Å². The molecule has 100 valence electrons. The lowest BCUT2D eigenvalue weighted by atomic mass is 10.2. The second-order valence-corrected chi connectivity index (χ2v) is 4.28. The summed E-state index contributed by atoms with van der Waals surface area (Å²) in [5, 5.41) is 2.79. The highest BCUT2D eigenvalue weighted by Gasteiger charge is 2.07. The highest BCUT2D eigenvalue weighted by molar-refractivity contribution is 5.81. The summed E-state index contributed by atoms with van der Waals surface area (Å²) >= 11 is 0. The first-order valence-corrected chi connectivity index (χ1v) is 6.01. The van der Waals surface area contributed by atoms with Crippen LogP contribution in [0.25, 0.3) is 0 Å². The number of rotatable bonds is 6. The van der Waals surface area contributed by atoms with E-state index < -0.39 is 0 Å². The number of aryl methyl sites for hydroxylation is 2. The lowest BCUT2D eigenvalue weighted by molar-refractivity contribution is -0.142. The fraction of sp³-hybridized carbons (Fsp3) is 0.538. The third-order valence-electron chi connectivity index (χ3n) is 2.76. The molecule has 1 rings (SSSR count). The molecule has 1 heterocycles. The maximum atomic E-state index is 11.4. The number of amides is 1. The van der Waals surface area contributed by atoms with Gasteiger partial charge in [0.15, 0.2) is 0 Å². The quantitative estimate of drug-likeness (QED) is 0.748. The van der Waals surface area contributed by atoms with Gasteiger partial charge in [-0.15, -0.1) is 0 Å². The molecule has 0 aliphatic rings. The SMILES string of the molecule is COC(=O)CCC(=O)NCCc1cc(C)[nH]c1C. The van der Waals surface area contributed by atoms with Crippen LogP contribution in [0.4, 0.5) is 0 Å². The smallest absolute Gasteiger partial charge is 0.306 e. The Balaban J connectivity index is 2.23. The van der Waals surface area contributed by atoms with Gasteiger partial charge in [0.1, 0.15) is 0 Å². The van der Waals surface area contributed by atoms with Crippen molar-refractivity contribution in [2.24, 2.45) is 0 Å². The van der Waals surface area contributed by atoms with Gasteiger partial charge in [-0.3, -0.25) is 9.59 Å². The van der Waals surface area contributed by atoms with E-state index in [1.165, 1.54) is 12.7 Å². The summed E-state index contributed by atoms with van der Waals surface area (Å²) < 4.78 is 4.47. The zero-order chi connectivity index (χ0) is 13.5. The average molecular weight is 252 g/mol. The highest BCUT2D eigenvalue weighted by Crippen LogP contribution is 2.09. The fourth-order valence-electron chi connectivity index (χ4n) is 1.78. The summed E-state index contributed by atoms with van der Waals surface area (Å²) in [5.74, 6) is -0.479. The van der Waals surface area contributed by atoms with Crippen LogP contribution in [0.15, 0.2) is 6.07 Å². The number of ether oxygens (including phenoxy) is 1. The predicted octanol–water partition coefficient (Wildman–Crippen LogP) is 1.24. The zero-order valence-electron chi connectivity index (χ0n) is 11.1. The van der Waals surface area contributed by atoms with Gasteiger partial charge in [-0.05, 0) is 31.9 Å². The third kappa shape index (κ3) is 4.61. The van der Waals surface area contributed by atoms with Crippen molar-refractivity contribution in [2.75, 3.05) is 13.7 Å². The molecule has 0 fully saturated rings. The Labute approximate surface area is 107 Å². The molecule has 2 N–H and O–H groups in total. The number of aromatic amines is 1. The molecule has 0 atom stereocenters. The van der Waals surface area contributed by atoms with E-state index in [2.05, 4.69) is 21.1 Å². The van der Waals surface area contributed by atoms with E-state index in [1.54, 1.807) is 0 Å². The monoisotopic (exact) mass is 252 g/mol. The van der Waals surface area contributed by atoms with Crippen LogP contribution in [0.1, 0.15) is 29.8 Å². The molecule has 0 aromatic carbocycles. The second kappa shape index (κ2) is 6.83. The summed E-state index contributed by atoms with van der Waals surface area (Å²) in [6.45, 7) is 4.60. The van der Waals surface area contributed by atoms with Crippen LogP contribution in [0.3, 0.4) is 0 Å². The fourth-order valence-corrected chi connectivity index (χ4v) is 1.78. The molecule has 0 radical (unpaired) electrons. The van der Waals surface area contributed by atoms with Crippen LogP contribution in [-0.4, -0.2) is 30.5 Å². The van der Waals surface area contributed by atoms with Gasteiger partial charge in [-0.2, -0.15) is 0 Å². The number of esters is 1. The molecule has 1 aromatic rings. The minimum Gasteiger partial charge on any atom is -0.469 e. The van der Waals surface area contributed by atoms with Crippen molar-refractivity contribution in [2.45, 2.75) is 33.1 Å². The summed E-state index contributed by atoms with van der Waals surface area (Å²) in [5.41, 5.74) is 3.47. The van der Waals surface area contributed by atoms with E-state index in [0.717, 1.165) is 17.8 Å². The highest BCUT2D eigenvalue weighted by atomic mass is 16.5. The number of H-pyrrole nitrogens is 1. The molecule has 0 spiro atoms. The van der Waals surface area contributed by atoms with Crippen molar-refractivity contribution >= 4 is 11.9 Å². The van der Waals surface area contributed by atoms with Crippen LogP contribution >= 0.6 is 0 Å². The maximum absolute atomic E-state index is 11.4. The molecule has 0 unspecified atom stereocenters. The summed E-state index contributed by atoms with van der Waals surface area (Å²) in [7, 11) is 1.32. The summed E-state index contributed by atoms with van der Waals surface area (Å²) in [6.07, 6.45) is 1.10. The molecule has 0 saturated carbocycles. The molecular weight excluding hydrogens is 232 g/mol. The lowest BCUT2D eigenvalue weighted by Crippen LogP contribution is -2.26. The Bertz CT molecular complexity index is 424. The van der Waals surface area contributed by atoms with E-state index in [4.69, 9.17) is 0 Å². The Morgan fingerprint density at radius 3 is 2.61 bits per heavy atom. The number of carbonyl (C=O) groups is 2. The molecule has 0 saturated heterocycles. The van der Waals surface area contributed by atoms with Crippen LogP contribution < -0.4 is 5.32 Å². The first kappa shape index (κ1) is 14.3. The van der Waals surface area contributed by atoms with Gasteiger partial charge in [0, 0.05) is 24.4 Å². The number of hydrogen-bond acceptors (Lipinski definition) is 3. The minimum atomic E-state index is -0.359. The number of methoxy groups -OCH3 is 1. The third-order valence-corrected chi connectivity index (χ3v) is 2.76. The standard InChI is InChI=1S/C13H20N2O3/c1-9-8-11(10(2)15-9)6-7-14-12(16)4-5-13(17)18-3/h8,15H,4-7H2,1-3H3,(H,14,16). The number of aromatic nitrogens is 1. The molecule has 1 aromatic heterocycles. The molecule has 18 heavy (non-hydrogen) atoms. The largest absolute Gasteiger partial charge is 0.469 e. The minimum absolute atomic E-state index is 0.120. The Hall–Kier alpha value is -1.78. The molecule has 0 aliphatic carbocycles. The molecule has 5 nitrogen and oxygen atoms in total. The van der Waals surface area contributed by atoms with Crippen molar-refractivity contribution in [3.05, 3.63) is 23.0 Å². The first-order chi connectivity index (χ1) is 8.52. The maximum Gasteiger partial charge on any atom is 0.306 e. The Kier molecular flexibility index (Phi) is 5.42. The van der Waals surface area contributed by atoms with Crippen molar-refractivity contribution < 1.29 is 14.3 Å². The Morgan fingerprint density at radius 2 is 2.06 bits per heavy atom. The molecule has 0 bridgehead atoms. The van der Waals surface area contributed by atoms with Gasteiger partial charge in [0.25, 0.3) is 0 Å². The number of hydrogen-bond donors (Lipinski definition) is 2. The van der Waals surface area contributed by atoms with Crippen molar-refractivity contribution in [1.82, 2.24) is 10.3 Å². The zero-order valence-corrected chi connectivity index (χ0v) is 11.1. The van der Waals surface area contributed by atoms with Crippen LogP contribution in [0.2, 0.25) is 0 Å². The van der Waals surface area contributed by atoms with Gasteiger partial charge >= 0.3 is 5.97 Å². The first-order valence-electron chi connectivity index (χ1n) is 6.01. The van der Waals surface area contributed by atoms with Crippen LogP contribution in [-0.2, 0) is 20.7 Å². The normalized spacial score (nSPS) is 10.2. The van der Waals surface area contributed by atoms with E-state index in [-0.39, 0.29) is 24.7 Å². The number of carbonyl (C=O) groups excluding carboxylic acids is 2. The average Bonchev–Trinajstić information content (AvgIpc) is 2.65. The molecule has 5 heteroatoms. The van der Waals surface area contributed by atoms with E-state index in [0.29, 0.717) is 6.54 Å².